The van der Waals surface area contributed by atoms with Crippen molar-refractivity contribution in [2.24, 2.45) is 0 Å². The first kappa shape index (κ1) is 7.24. The van der Waals surface area contributed by atoms with Crippen LogP contribution in [0.1, 0.15) is 0 Å². The van der Waals surface area contributed by atoms with Crippen LogP contribution < -0.4 is 5.69 Å². The summed E-state index contributed by atoms with van der Waals surface area (Å²) in [5, 5.41) is 9.38. The number of hydrogen-bond acceptors (Lipinski definition) is 2. The third-order valence-electron chi connectivity index (χ3n) is 1.58. The Morgan fingerprint density at radius 1 is 1.25 bits per heavy atom. The average molecular weight is 185 g/mol. The molecule has 0 radical (unpaired) electrons. The molecule has 2 rings (SSSR count). The van der Waals surface area contributed by atoms with Gasteiger partial charge in [-0.2, -0.15) is 0 Å². The number of fused-ring (bicyclic) bond motifs is 1. The summed E-state index contributed by atoms with van der Waals surface area (Å²) in [4.78, 5) is 15.8. The van der Waals surface area contributed by atoms with Gasteiger partial charge in [-0.3, -0.25) is 0 Å². The highest BCUT2D eigenvalue weighted by Crippen LogP contribution is 2.26. The average Bonchev–Trinajstić information content (AvgIpc) is 2.30. The van der Waals surface area contributed by atoms with Crippen molar-refractivity contribution in [3.8, 4) is 5.75 Å². The standard InChI is InChI=1S/C7H5ClN2O2/c8-3-1-4-5(2-6(3)11)10-7(12)9-4/h1-2,11H,(H2,9,10,12). The van der Waals surface area contributed by atoms with Gasteiger partial charge in [-0.05, 0) is 6.07 Å². The zero-order valence-corrected chi connectivity index (χ0v) is 6.64. The Morgan fingerprint density at radius 2 is 1.83 bits per heavy atom. The van der Waals surface area contributed by atoms with Gasteiger partial charge < -0.3 is 15.1 Å². The number of H-pyrrole nitrogens is 2. The molecule has 0 unspecified atom stereocenters. The SMILES string of the molecule is O=c1[nH]c2cc(O)c(Cl)cc2[nH]1. The molecule has 5 heteroatoms. The number of halogens is 1. The Hall–Kier alpha value is -1.42. The number of hydrogen-bond donors (Lipinski definition) is 3. The van der Waals surface area contributed by atoms with Crippen molar-refractivity contribution in [3.05, 3.63) is 27.6 Å². The van der Waals surface area contributed by atoms with Gasteiger partial charge in [0.15, 0.2) is 0 Å². The third-order valence-corrected chi connectivity index (χ3v) is 1.89. The maximum Gasteiger partial charge on any atom is 0.323 e. The van der Waals surface area contributed by atoms with Crippen molar-refractivity contribution in [2.75, 3.05) is 0 Å². The number of phenolic OH excluding ortho intramolecular Hbond substituents is 1. The number of aromatic hydroxyl groups is 1. The van der Waals surface area contributed by atoms with Crippen LogP contribution in [0.5, 0.6) is 5.75 Å². The quantitative estimate of drug-likeness (QED) is 0.576. The van der Waals surface area contributed by atoms with Crippen LogP contribution in [0.4, 0.5) is 0 Å². The van der Waals surface area contributed by atoms with Crippen molar-refractivity contribution in [1.82, 2.24) is 9.97 Å². The Balaban J connectivity index is 2.92. The van der Waals surface area contributed by atoms with Crippen LogP contribution in [-0.2, 0) is 0 Å². The second kappa shape index (κ2) is 2.28. The van der Waals surface area contributed by atoms with E-state index in [9.17, 15) is 4.79 Å². The zero-order chi connectivity index (χ0) is 8.72. The molecule has 0 fully saturated rings. The van der Waals surface area contributed by atoms with Gasteiger partial charge in [0, 0.05) is 6.07 Å². The molecule has 0 atom stereocenters. The topological polar surface area (TPSA) is 68.9 Å². The van der Waals surface area contributed by atoms with Gasteiger partial charge in [0.05, 0.1) is 16.1 Å². The molecule has 0 bridgehead atoms. The van der Waals surface area contributed by atoms with Crippen molar-refractivity contribution in [1.29, 1.82) is 0 Å². The van der Waals surface area contributed by atoms with Gasteiger partial charge in [-0.25, -0.2) is 4.79 Å². The van der Waals surface area contributed by atoms with E-state index >= 15 is 0 Å². The molecular formula is C7H5ClN2O2. The lowest BCUT2D eigenvalue weighted by Crippen LogP contribution is -1.99. The van der Waals surface area contributed by atoms with E-state index in [-0.39, 0.29) is 16.5 Å². The normalized spacial score (nSPS) is 10.8. The number of rotatable bonds is 0. The van der Waals surface area contributed by atoms with E-state index < -0.39 is 0 Å². The summed E-state index contributed by atoms with van der Waals surface area (Å²) in [6, 6.07) is 2.89. The van der Waals surface area contributed by atoms with Crippen LogP contribution in [0.25, 0.3) is 11.0 Å². The van der Waals surface area contributed by atoms with Crippen LogP contribution in [0.15, 0.2) is 16.9 Å². The molecule has 4 nitrogen and oxygen atoms in total. The molecule has 0 saturated heterocycles. The number of nitrogens with one attached hydrogen (secondary N) is 2. The highest BCUT2D eigenvalue weighted by atomic mass is 35.5. The lowest BCUT2D eigenvalue weighted by atomic mass is 10.3. The van der Waals surface area contributed by atoms with Gasteiger partial charge in [0.1, 0.15) is 5.75 Å². The van der Waals surface area contributed by atoms with Crippen LogP contribution in [-0.4, -0.2) is 15.1 Å². The molecule has 0 aliphatic rings. The first-order valence-electron chi connectivity index (χ1n) is 3.27. The summed E-state index contributed by atoms with van der Waals surface area (Å²) in [5.74, 6) is -0.0422. The highest BCUT2D eigenvalue weighted by Gasteiger charge is 2.03. The fraction of sp³-hybridized carbons (Fsp3) is 0. The molecule has 0 aliphatic carbocycles. The number of benzene rings is 1. The Bertz CT molecular complexity index is 444. The summed E-state index contributed by atoms with van der Waals surface area (Å²) in [5.41, 5.74) is 0.816. The molecule has 1 heterocycles. The largest absolute Gasteiger partial charge is 0.506 e. The fourth-order valence-electron chi connectivity index (χ4n) is 1.04. The molecule has 1 aromatic heterocycles. The van der Waals surface area contributed by atoms with Gasteiger partial charge in [-0.1, -0.05) is 11.6 Å². The van der Waals surface area contributed by atoms with E-state index in [1.54, 1.807) is 0 Å². The van der Waals surface area contributed by atoms with Gasteiger partial charge >= 0.3 is 5.69 Å². The number of phenols is 1. The molecule has 2 aromatic rings. The lowest BCUT2D eigenvalue weighted by molar-refractivity contribution is 0.476. The van der Waals surface area contributed by atoms with Crippen LogP contribution >= 0.6 is 11.6 Å². The summed E-state index contributed by atoms with van der Waals surface area (Å²) in [7, 11) is 0. The number of aromatic nitrogens is 2. The molecular weight excluding hydrogens is 180 g/mol. The van der Waals surface area contributed by atoms with E-state index in [1.165, 1.54) is 12.1 Å². The predicted octanol–water partition coefficient (Wildman–Crippen LogP) is 1.22. The molecule has 12 heavy (non-hydrogen) atoms. The maximum absolute atomic E-state index is 10.8. The van der Waals surface area contributed by atoms with Crippen molar-refractivity contribution in [3.63, 3.8) is 0 Å². The van der Waals surface area contributed by atoms with Crippen molar-refractivity contribution < 1.29 is 5.11 Å². The fourth-order valence-corrected chi connectivity index (χ4v) is 1.21. The molecule has 0 saturated carbocycles. The monoisotopic (exact) mass is 184 g/mol. The first-order chi connectivity index (χ1) is 5.66. The molecule has 0 amide bonds. The predicted molar refractivity (Wildman–Crippen MR) is 45.6 cm³/mol. The summed E-state index contributed by atoms with van der Waals surface area (Å²) < 4.78 is 0. The summed E-state index contributed by atoms with van der Waals surface area (Å²) in [6.45, 7) is 0. The second-order valence-corrected chi connectivity index (χ2v) is 2.84. The minimum Gasteiger partial charge on any atom is -0.506 e. The minimum absolute atomic E-state index is 0.0422. The Labute approximate surface area is 71.8 Å². The maximum atomic E-state index is 10.8. The van der Waals surface area contributed by atoms with Crippen LogP contribution in [0.2, 0.25) is 5.02 Å². The van der Waals surface area contributed by atoms with Gasteiger partial charge in [0.25, 0.3) is 0 Å². The minimum atomic E-state index is -0.313. The molecule has 1 aromatic carbocycles. The van der Waals surface area contributed by atoms with Crippen molar-refractivity contribution in [2.45, 2.75) is 0 Å². The summed E-state index contributed by atoms with van der Waals surface area (Å²) >= 11 is 5.61. The highest BCUT2D eigenvalue weighted by molar-refractivity contribution is 6.32. The number of aromatic amines is 2. The molecule has 0 aliphatic heterocycles. The zero-order valence-electron chi connectivity index (χ0n) is 5.89. The van der Waals surface area contributed by atoms with Gasteiger partial charge in [-0.15, -0.1) is 0 Å². The summed E-state index contributed by atoms with van der Waals surface area (Å²) in [6.07, 6.45) is 0. The number of imidazole rings is 1. The Morgan fingerprint density at radius 3 is 2.50 bits per heavy atom. The van der Waals surface area contributed by atoms with Crippen LogP contribution in [0, 0.1) is 0 Å². The molecule has 3 N–H and O–H groups in total. The van der Waals surface area contributed by atoms with E-state index in [4.69, 9.17) is 16.7 Å². The molecule has 0 spiro atoms. The lowest BCUT2D eigenvalue weighted by Gasteiger charge is -1.94. The van der Waals surface area contributed by atoms with Gasteiger partial charge in [0.2, 0.25) is 0 Å². The second-order valence-electron chi connectivity index (χ2n) is 2.43. The van der Waals surface area contributed by atoms with E-state index in [2.05, 4.69) is 9.97 Å². The van der Waals surface area contributed by atoms with E-state index in [0.717, 1.165) is 0 Å². The smallest absolute Gasteiger partial charge is 0.323 e. The Kier molecular flexibility index (Phi) is 1.38. The van der Waals surface area contributed by atoms with E-state index in [1.807, 2.05) is 0 Å². The first-order valence-corrected chi connectivity index (χ1v) is 3.65. The van der Waals surface area contributed by atoms with Crippen LogP contribution in [0.3, 0.4) is 0 Å². The molecule has 62 valence electrons. The third kappa shape index (κ3) is 0.967. The van der Waals surface area contributed by atoms with Crippen molar-refractivity contribution >= 4 is 22.6 Å². The van der Waals surface area contributed by atoms with E-state index in [0.29, 0.717) is 11.0 Å².